The van der Waals surface area contributed by atoms with Crippen molar-refractivity contribution >= 4 is 17.8 Å². The van der Waals surface area contributed by atoms with E-state index in [9.17, 15) is 14.4 Å². The second kappa shape index (κ2) is 2.92. The molecule has 1 saturated heterocycles. The summed E-state index contributed by atoms with van der Waals surface area (Å²) in [5.41, 5.74) is 0. The molecule has 1 unspecified atom stereocenters. The first-order valence-electron chi connectivity index (χ1n) is 3.38. The van der Waals surface area contributed by atoms with Crippen molar-refractivity contribution < 1.29 is 19.1 Å². The molecule has 65 valence electrons. The number of likely N-dealkylation sites (tertiary alicyclic amines) is 1. The number of hydrogen-bond acceptors (Lipinski definition) is 4. The van der Waals surface area contributed by atoms with E-state index in [-0.39, 0.29) is 11.8 Å². The van der Waals surface area contributed by atoms with Gasteiger partial charge in [0.05, 0.1) is 19.6 Å². The first kappa shape index (κ1) is 8.70. The van der Waals surface area contributed by atoms with Crippen molar-refractivity contribution in [2.24, 2.45) is 5.92 Å². The van der Waals surface area contributed by atoms with Gasteiger partial charge in [-0.25, -0.2) is 4.79 Å². The van der Waals surface area contributed by atoms with Crippen molar-refractivity contribution in [2.45, 2.75) is 6.92 Å². The fraction of sp³-hybridized carbons (Fsp3) is 0.429. The maximum atomic E-state index is 10.9. The highest BCUT2D eigenvalue weighted by molar-refractivity contribution is 6.36. The highest BCUT2D eigenvalue weighted by atomic mass is 16.5. The molecule has 0 aromatic rings. The first-order valence-corrected chi connectivity index (χ1v) is 3.38. The van der Waals surface area contributed by atoms with Gasteiger partial charge >= 0.3 is 11.9 Å². The number of carbonyl (C=O) groups excluding carboxylic acids is 3. The molecule has 0 bridgehead atoms. The zero-order valence-corrected chi connectivity index (χ0v) is 6.73. The quantitative estimate of drug-likeness (QED) is 0.274. The van der Waals surface area contributed by atoms with E-state index in [0.717, 1.165) is 12.0 Å². The SMILES string of the molecule is COC(=O)C(=O)N1[CH]C(C)C1=O. The number of imide groups is 1. The fourth-order valence-electron chi connectivity index (χ4n) is 0.852. The van der Waals surface area contributed by atoms with E-state index in [1.807, 2.05) is 0 Å². The van der Waals surface area contributed by atoms with Crippen molar-refractivity contribution in [1.82, 2.24) is 4.90 Å². The number of methoxy groups -OCH3 is 1. The molecule has 1 heterocycles. The molecular weight excluding hydrogens is 162 g/mol. The third-order valence-corrected chi connectivity index (χ3v) is 1.58. The van der Waals surface area contributed by atoms with Crippen LogP contribution in [0.1, 0.15) is 6.92 Å². The summed E-state index contributed by atoms with van der Waals surface area (Å²) in [5.74, 6) is -2.60. The Morgan fingerprint density at radius 1 is 1.58 bits per heavy atom. The van der Waals surface area contributed by atoms with Gasteiger partial charge in [-0.3, -0.25) is 14.5 Å². The molecule has 0 aliphatic carbocycles. The summed E-state index contributed by atoms with van der Waals surface area (Å²) in [7, 11) is 1.09. The molecule has 1 aliphatic rings. The van der Waals surface area contributed by atoms with Crippen LogP contribution in [0.4, 0.5) is 0 Å². The molecule has 0 aromatic heterocycles. The maximum Gasteiger partial charge on any atom is 0.397 e. The van der Waals surface area contributed by atoms with Crippen LogP contribution in [-0.4, -0.2) is 29.8 Å². The Labute approximate surface area is 69.3 Å². The van der Waals surface area contributed by atoms with E-state index < -0.39 is 11.9 Å². The van der Waals surface area contributed by atoms with Crippen LogP contribution in [0.3, 0.4) is 0 Å². The minimum atomic E-state index is -1.02. The van der Waals surface area contributed by atoms with E-state index in [4.69, 9.17) is 0 Å². The Bertz CT molecular complexity index is 248. The van der Waals surface area contributed by atoms with Gasteiger partial charge in [-0.2, -0.15) is 0 Å². The molecule has 5 heteroatoms. The molecule has 1 radical (unpaired) electrons. The van der Waals surface area contributed by atoms with Crippen molar-refractivity contribution in [2.75, 3.05) is 7.11 Å². The van der Waals surface area contributed by atoms with Crippen molar-refractivity contribution in [3.63, 3.8) is 0 Å². The largest absolute Gasteiger partial charge is 0.462 e. The van der Waals surface area contributed by atoms with Gasteiger partial charge in [-0.15, -0.1) is 0 Å². The molecule has 2 amide bonds. The van der Waals surface area contributed by atoms with Crippen LogP contribution in [0.15, 0.2) is 0 Å². The molecule has 5 nitrogen and oxygen atoms in total. The lowest BCUT2D eigenvalue weighted by molar-refractivity contribution is -0.165. The summed E-state index contributed by atoms with van der Waals surface area (Å²) in [6, 6.07) is 0. The summed E-state index contributed by atoms with van der Waals surface area (Å²) in [4.78, 5) is 33.2. The van der Waals surface area contributed by atoms with Crippen LogP contribution < -0.4 is 0 Å². The van der Waals surface area contributed by atoms with Gasteiger partial charge < -0.3 is 4.74 Å². The zero-order chi connectivity index (χ0) is 9.30. The van der Waals surface area contributed by atoms with E-state index in [1.54, 1.807) is 6.92 Å². The topological polar surface area (TPSA) is 63.7 Å². The van der Waals surface area contributed by atoms with Gasteiger partial charge in [0.1, 0.15) is 0 Å². The van der Waals surface area contributed by atoms with Gasteiger partial charge in [0, 0.05) is 0 Å². The number of carbonyl (C=O) groups is 3. The Hall–Kier alpha value is -1.39. The first-order chi connectivity index (χ1) is 5.57. The lowest BCUT2D eigenvalue weighted by Gasteiger charge is -2.32. The smallest absolute Gasteiger partial charge is 0.397 e. The second-order valence-corrected chi connectivity index (χ2v) is 2.44. The number of rotatable bonds is 0. The standard InChI is InChI=1S/C7H8NO4/c1-4-3-8(5(4)9)6(10)7(11)12-2/h3-4H,1-2H3. The number of esters is 1. The van der Waals surface area contributed by atoms with Crippen molar-refractivity contribution in [1.29, 1.82) is 0 Å². The monoisotopic (exact) mass is 170 g/mol. The van der Waals surface area contributed by atoms with Gasteiger partial charge in [0.15, 0.2) is 0 Å². The van der Waals surface area contributed by atoms with Crippen LogP contribution in [0.25, 0.3) is 0 Å². The summed E-state index contributed by atoms with van der Waals surface area (Å²) in [6.45, 7) is 3.02. The average molecular weight is 170 g/mol. The molecule has 1 rings (SSSR count). The number of hydrogen-bond donors (Lipinski definition) is 0. The minimum Gasteiger partial charge on any atom is -0.462 e. The van der Waals surface area contributed by atoms with Gasteiger partial charge in [0.2, 0.25) is 5.91 Å². The van der Waals surface area contributed by atoms with Crippen LogP contribution in [0, 0.1) is 12.5 Å². The molecule has 1 atom stereocenters. The Balaban J connectivity index is 2.57. The third kappa shape index (κ3) is 1.17. The average Bonchev–Trinajstić information content (AvgIpc) is 2.10. The Morgan fingerprint density at radius 3 is 2.50 bits per heavy atom. The molecule has 1 aliphatic heterocycles. The fourth-order valence-corrected chi connectivity index (χ4v) is 0.852. The van der Waals surface area contributed by atoms with Crippen LogP contribution in [0.5, 0.6) is 0 Å². The summed E-state index contributed by atoms with van der Waals surface area (Å²) in [6.07, 6.45) is 0. The van der Waals surface area contributed by atoms with Crippen LogP contribution >= 0.6 is 0 Å². The molecule has 0 N–H and O–H groups in total. The third-order valence-electron chi connectivity index (χ3n) is 1.58. The van der Waals surface area contributed by atoms with Crippen LogP contribution in [0.2, 0.25) is 0 Å². The number of ether oxygens (including phenoxy) is 1. The normalized spacial score (nSPS) is 21.7. The molecule has 0 aromatic carbocycles. The Kier molecular flexibility index (Phi) is 2.12. The number of β-lactam (4-membered cyclic amide) rings is 1. The lowest BCUT2D eigenvalue weighted by atomic mass is 10.0. The summed E-state index contributed by atoms with van der Waals surface area (Å²) >= 11 is 0. The maximum absolute atomic E-state index is 10.9. The molecule has 0 spiro atoms. The highest BCUT2D eigenvalue weighted by Gasteiger charge is 2.41. The van der Waals surface area contributed by atoms with E-state index in [1.165, 1.54) is 6.54 Å². The van der Waals surface area contributed by atoms with Gasteiger partial charge in [-0.05, 0) is 0 Å². The highest BCUT2D eigenvalue weighted by Crippen LogP contribution is 2.21. The lowest BCUT2D eigenvalue weighted by Crippen LogP contribution is -2.52. The van der Waals surface area contributed by atoms with Gasteiger partial charge in [0.25, 0.3) is 0 Å². The molecule has 0 saturated carbocycles. The van der Waals surface area contributed by atoms with Crippen molar-refractivity contribution in [3.8, 4) is 0 Å². The summed E-state index contributed by atoms with van der Waals surface area (Å²) in [5, 5.41) is 0. The zero-order valence-electron chi connectivity index (χ0n) is 6.73. The van der Waals surface area contributed by atoms with E-state index in [0.29, 0.717) is 0 Å². The van der Waals surface area contributed by atoms with E-state index >= 15 is 0 Å². The predicted octanol–water partition coefficient (Wildman–Crippen LogP) is -0.674. The molecule has 12 heavy (non-hydrogen) atoms. The number of nitrogens with zero attached hydrogens (tertiary/aromatic N) is 1. The predicted molar refractivity (Wildman–Crippen MR) is 37.3 cm³/mol. The minimum absolute atomic E-state index is 0.279. The Morgan fingerprint density at radius 2 is 2.17 bits per heavy atom. The summed E-state index contributed by atoms with van der Waals surface area (Å²) < 4.78 is 4.15. The van der Waals surface area contributed by atoms with Gasteiger partial charge in [-0.1, -0.05) is 6.92 Å². The second-order valence-electron chi connectivity index (χ2n) is 2.44. The molecule has 1 fully saturated rings. The number of amides is 2. The van der Waals surface area contributed by atoms with Crippen LogP contribution in [-0.2, 0) is 19.1 Å². The van der Waals surface area contributed by atoms with Crippen molar-refractivity contribution in [3.05, 3.63) is 6.54 Å². The molecular formula is C7H8NO4. The van der Waals surface area contributed by atoms with E-state index in [2.05, 4.69) is 4.74 Å².